The van der Waals surface area contributed by atoms with E-state index in [1.807, 2.05) is 6.92 Å². The van der Waals surface area contributed by atoms with Gasteiger partial charge in [-0.25, -0.2) is 13.1 Å². The molecule has 0 saturated carbocycles. The third-order valence-electron chi connectivity index (χ3n) is 3.74. The van der Waals surface area contributed by atoms with E-state index in [9.17, 15) is 18.5 Å². The highest BCUT2D eigenvalue weighted by molar-refractivity contribution is 7.89. The van der Waals surface area contributed by atoms with Crippen molar-refractivity contribution in [1.29, 1.82) is 0 Å². The molecule has 0 radical (unpaired) electrons. The standard InChI is InChI=1S/C13H19N3O5S.ClH/c1-9-8-14-6-5-11(9)15-22(19,20)13-4-3-10(16(17)18)7-12(13)21-2;/h3-4,7,9,11,14-15H,5-6,8H2,1-2H3;1H. The lowest BCUT2D eigenvalue weighted by molar-refractivity contribution is -0.385. The van der Waals surface area contributed by atoms with Gasteiger partial charge < -0.3 is 10.1 Å². The Bertz CT molecular complexity index is 668. The van der Waals surface area contributed by atoms with E-state index in [0.29, 0.717) is 6.42 Å². The molecule has 2 N–H and O–H groups in total. The predicted molar refractivity (Wildman–Crippen MR) is 87.7 cm³/mol. The van der Waals surface area contributed by atoms with Gasteiger partial charge in [0, 0.05) is 12.1 Å². The lowest BCUT2D eigenvalue weighted by Gasteiger charge is -2.30. The van der Waals surface area contributed by atoms with Gasteiger partial charge in [0.05, 0.1) is 18.1 Å². The highest BCUT2D eigenvalue weighted by atomic mass is 35.5. The zero-order valence-corrected chi connectivity index (χ0v) is 14.4. The van der Waals surface area contributed by atoms with E-state index in [4.69, 9.17) is 4.74 Å². The minimum Gasteiger partial charge on any atom is -0.495 e. The van der Waals surface area contributed by atoms with Crippen molar-refractivity contribution >= 4 is 28.1 Å². The zero-order chi connectivity index (χ0) is 16.3. The van der Waals surface area contributed by atoms with Gasteiger partial charge in [-0.1, -0.05) is 6.92 Å². The molecule has 10 heteroatoms. The molecule has 1 aliphatic rings. The molecule has 1 fully saturated rings. The predicted octanol–water partition coefficient (Wildman–Crippen LogP) is 1.30. The molecule has 0 spiro atoms. The number of ether oxygens (including phenoxy) is 1. The summed E-state index contributed by atoms with van der Waals surface area (Å²) in [7, 11) is -2.52. The molecule has 2 unspecified atom stereocenters. The number of methoxy groups -OCH3 is 1. The molecule has 130 valence electrons. The van der Waals surface area contributed by atoms with Crippen LogP contribution in [0.2, 0.25) is 0 Å². The fraction of sp³-hybridized carbons (Fsp3) is 0.538. The van der Waals surface area contributed by atoms with E-state index in [1.54, 1.807) is 0 Å². The number of nitrogens with zero attached hydrogens (tertiary/aromatic N) is 1. The minimum absolute atomic E-state index is 0. The number of nitrogens with one attached hydrogen (secondary N) is 2. The Morgan fingerprint density at radius 1 is 1.43 bits per heavy atom. The first-order valence-corrected chi connectivity index (χ1v) is 8.39. The Kier molecular flexibility index (Phi) is 6.75. The van der Waals surface area contributed by atoms with Crippen LogP contribution in [0.25, 0.3) is 0 Å². The lowest BCUT2D eigenvalue weighted by atomic mass is 9.97. The highest BCUT2D eigenvalue weighted by Crippen LogP contribution is 2.29. The maximum Gasteiger partial charge on any atom is 0.273 e. The molecule has 8 nitrogen and oxygen atoms in total. The monoisotopic (exact) mass is 365 g/mol. The van der Waals surface area contributed by atoms with Gasteiger partial charge in [-0.3, -0.25) is 10.1 Å². The van der Waals surface area contributed by atoms with Crippen LogP contribution in [0.3, 0.4) is 0 Å². The van der Waals surface area contributed by atoms with Crippen LogP contribution >= 0.6 is 12.4 Å². The van der Waals surface area contributed by atoms with Crippen LogP contribution < -0.4 is 14.8 Å². The second-order valence-electron chi connectivity index (χ2n) is 5.29. The Hall–Kier alpha value is -1.42. The molecule has 23 heavy (non-hydrogen) atoms. The molecule has 0 aliphatic carbocycles. The van der Waals surface area contributed by atoms with Crippen LogP contribution in [0, 0.1) is 16.0 Å². The summed E-state index contributed by atoms with van der Waals surface area (Å²) in [4.78, 5) is 10.1. The van der Waals surface area contributed by atoms with Crippen LogP contribution in [0.15, 0.2) is 23.1 Å². The fourth-order valence-electron chi connectivity index (χ4n) is 2.44. The highest BCUT2D eigenvalue weighted by Gasteiger charge is 2.29. The van der Waals surface area contributed by atoms with Gasteiger partial charge in [0.15, 0.2) is 0 Å². The molecule has 1 aromatic rings. The number of hydrogen-bond donors (Lipinski definition) is 2. The summed E-state index contributed by atoms with van der Waals surface area (Å²) in [6.07, 6.45) is 0.690. The van der Waals surface area contributed by atoms with Crippen molar-refractivity contribution in [2.75, 3.05) is 20.2 Å². The van der Waals surface area contributed by atoms with E-state index < -0.39 is 14.9 Å². The SMILES string of the molecule is COc1cc([N+](=O)[O-])ccc1S(=O)(=O)NC1CCNCC1C.Cl. The van der Waals surface area contributed by atoms with Crippen LogP contribution in [0.5, 0.6) is 5.75 Å². The van der Waals surface area contributed by atoms with E-state index in [-0.39, 0.29) is 40.7 Å². The first-order chi connectivity index (χ1) is 10.3. The molecule has 0 aromatic heterocycles. The Balaban J connectivity index is 0.00000264. The van der Waals surface area contributed by atoms with Crippen molar-refractivity contribution in [1.82, 2.24) is 10.0 Å². The molecular formula is C13H20ClN3O5S. The Morgan fingerprint density at radius 3 is 2.70 bits per heavy atom. The molecular weight excluding hydrogens is 346 g/mol. The van der Waals surface area contributed by atoms with Gasteiger partial charge in [-0.2, -0.15) is 0 Å². The van der Waals surface area contributed by atoms with E-state index in [0.717, 1.165) is 25.2 Å². The topological polar surface area (TPSA) is 111 Å². The quantitative estimate of drug-likeness (QED) is 0.601. The van der Waals surface area contributed by atoms with Gasteiger partial charge >= 0.3 is 0 Å². The number of benzene rings is 1. The Labute approximate surface area is 141 Å². The molecule has 1 aliphatic heterocycles. The van der Waals surface area contributed by atoms with Gasteiger partial charge in [0.2, 0.25) is 10.0 Å². The van der Waals surface area contributed by atoms with E-state index in [1.165, 1.54) is 13.2 Å². The van der Waals surface area contributed by atoms with Crippen molar-refractivity contribution in [3.05, 3.63) is 28.3 Å². The number of piperidine rings is 1. The Morgan fingerprint density at radius 2 is 2.13 bits per heavy atom. The molecule has 0 bridgehead atoms. The summed E-state index contributed by atoms with van der Waals surface area (Å²) in [5.74, 6) is 0.121. The van der Waals surface area contributed by atoms with E-state index >= 15 is 0 Å². The second kappa shape index (κ2) is 7.91. The number of hydrogen-bond acceptors (Lipinski definition) is 6. The summed E-state index contributed by atoms with van der Waals surface area (Å²) in [6, 6.07) is 3.29. The van der Waals surface area contributed by atoms with E-state index in [2.05, 4.69) is 10.0 Å². The third kappa shape index (κ3) is 4.54. The summed E-state index contributed by atoms with van der Waals surface area (Å²) in [6.45, 7) is 3.45. The molecule has 2 rings (SSSR count). The van der Waals surface area contributed by atoms with Crippen LogP contribution in [0.4, 0.5) is 5.69 Å². The van der Waals surface area contributed by atoms with Crippen LogP contribution in [-0.4, -0.2) is 39.6 Å². The average molecular weight is 366 g/mol. The summed E-state index contributed by atoms with van der Waals surface area (Å²) in [5.41, 5.74) is -0.217. The van der Waals surface area contributed by atoms with Crippen molar-refractivity contribution < 1.29 is 18.1 Å². The smallest absolute Gasteiger partial charge is 0.273 e. The van der Waals surface area contributed by atoms with Gasteiger partial charge in [0.25, 0.3) is 5.69 Å². The number of nitro groups is 1. The van der Waals surface area contributed by atoms with Crippen LogP contribution in [-0.2, 0) is 10.0 Å². The maximum atomic E-state index is 12.5. The lowest BCUT2D eigenvalue weighted by Crippen LogP contribution is -2.48. The second-order valence-corrected chi connectivity index (χ2v) is 6.97. The number of rotatable bonds is 5. The number of non-ortho nitro benzene ring substituents is 1. The van der Waals surface area contributed by atoms with Gasteiger partial charge in [-0.05, 0) is 31.5 Å². The molecule has 2 atom stereocenters. The molecule has 1 heterocycles. The molecule has 0 amide bonds. The minimum atomic E-state index is -3.80. The van der Waals surface area contributed by atoms with Crippen molar-refractivity contribution in [3.8, 4) is 5.75 Å². The number of nitro benzene ring substituents is 1. The first kappa shape index (κ1) is 19.6. The summed E-state index contributed by atoms with van der Waals surface area (Å²) >= 11 is 0. The van der Waals surface area contributed by atoms with Gasteiger partial charge in [-0.15, -0.1) is 12.4 Å². The third-order valence-corrected chi connectivity index (χ3v) is 5.27. The van der Waals surface area contributed by atoms with Gasteiger partial charge in [0.1, 0.15) is 10.6 Å². The zero-order valence-electron chi connectivity index (χ0n) is 12.8. The fourth-order valence-corrected chi connectivity index (χ4v) is 3.97. The normalized spacial score (nSPS) is 21.3. The van der Waals surface area contributed by atoms with Crippen molar-refractivity contribution in [2.45, 2.75) is 24.3 Å². The average Bonchev–Trinajstić information content (AvgIpc) is 2.48. The van der Waals surface area contributed by atoms with Crippen molar-refractivity contribution in [2.24, 2.45) is 5.92 Å². The number of sulfonamides is 1. The maximum absolute atomic E-state index is 12.5. The largest absolute Gasteiger partial charge is 0.495 e. The molecule has 1 aromatic carbocycles. The van der Waals surface area contributed by atoms with Crippen LogP contribution in [0.1, 0.15) is 13.3 Å². The number of halogens is 1. The summed E-state index contributed by atoms with van der Waals surface area (Å²) < 4.78 is 32.7. The summed E-state index contributed by atoms with van der Waals surface area (Å²) in [5, 5.41) is 14.0. The van der Waals surface area contributed by atoms with Crippen molar-refractivity contribution in [3.63, 3.8) is 0 Å². The molecule has 1 saturated heterocycles. The first-order valence-electron chi connectivity index (χ1n) is 6.90.